The molecular weight excluding hydrogens is 299 g/mol. The lowest BCUT2D eigenvalue weighted by molar-refractivity contribution is -0.137. The van der Waals surface area contributed by atoms with Gasteiger partial charge in [-0.1, -0.05) is 6.07 Å². The third-order valence-corrected chi connectivity index (χ3v) is 3.97. The molecule has 1 aromatic carbocycles. The number of rotatable bonds is 3. The standard InChI is InChI=1S/C14H12F3N3S/c1-9-12(20-5-6-21-13(20)19-9)8-18-11-4-2-3-10(7-11)14(15,16)17/h2-7,18H,8H2,1H3. The van der Waals surface area contributed by atoms with Crippen LogP contribution in [-0.2, 0) is 12.7 Å². The summed E-state index contributed by atoms with van der Waals surface area (Å²) < 4.78 is 40.0. The molecule has 1 N–H and O–H groups in total. The molecule has 0 amide bonds. The molecule has 3 nitrogen and oxygen atoms in total. The van der Waals surface area contributed by atoms with Crippen molar-refractivity contribution in [1.82, 2.24) is 9.38 Å². The minimum Gasteiger partial charge on any atom is -0.379 e. The Morgan fingerprint density at radius 3 is 2.90 bits per heavy atom. The van der Waals surface area contributed by atoms with Crippen molar-refractivity contribution >= 4 is 22.0 Å². The highest BCUT2D eigenvalue weighted by Crippen LogP contribution is 2.30. The smallest absolute Gasteiger partial charge is 0.379 e. The predicted octanol–water partition coefficient (Wildman–Crippen LogP) is 4.34. The van der Waals surface area contributed by atoms with Crippen molar-refractivity contribution in [3.8, 4) is 0 Å². The molecule has 0 bridgehead atoms. The molecule has 0 aliphatic rings. The molecule has 3 rings (SSSR count). The summed E-state index contributed by atoms with van der Waals surface area (Å²) in [7, 11) is 0. The van der Waals surface area contributed by atoms with Crippen molar-refractivity contribution in [2.75, 3.05) is 5.32 Å². The average Bonchev–Trinajstić information content (AvgIpc) is 2.97. The lowest BCUT2D eigenvalue weighted by atomic mass is 10.2. The first-order chi connectivity index (χ1) is 9.95. The maximum absolute atomic E-state index is 12.7. The number of fused-ring (bicyclic) bond motifs is 1. The Morgan fingerprint density at radius 1 is 1.33 bits per heavy atom. The normalized spacial score (nSPS) is 12.0. The highest BCUT2D eigenvalue weighted by Gasteiger charge is 2.30. The van der Waals surface area contributed by atoms with Gasteiger partial charge in [0, 0.05) is 17.3 Å². The van der Waals surface area contributed by atoms with Crippen LogP contribution in [0.3, 0.4) is 0 Å². The Balaban J connectivity index is 1.82. The fourth-order valence-corrected chi connectivity index (χ4v) is 2.92. The van der Waals surface area contributed by atoms with Gasteiger partial charge in [0.05, 0.1) is 23.5 Å². The van der Waals surface area contributed by atoms with Gasteiger partial charge in [-0.25, -0.2) is 4.98 Å². The van der Waals surface area contributed by atoms with Gasteiger partial charge in [0.15, 0.2) is 4.96 Å². The Bertz CT molecular complexity index is 773. The highest BCUT2D eigenvalue weighted by atomic mass is 32.1. The molecule has 0 saturated heterocycles. The van der Waals surface area contributed by atoms with E-state index in [0.717, 1.165) is 28.5 Å². The Morgan fingerprint density at radius 2 is 2.14 bits per heavy atom. The molecule has 2 aromatic heterocycles. The number of hydrogen-bond acceptors (Lipinski definition) is 3. The van der Waals surface area contributed by atoms with E-state index < -0.39 is 11.7 Å². The molecule has 3 aromatic rings. The number of nitrogens with zero attached hydrogens (tertiary/aromatic N) is 2. The van der Waals surface area contributed by atoms with Crippen LogP contribution in [0.2, 0.25) is 0 Å². The van der Waals surface area contributed by atoms with Gasteiger partial charge in [-0.3, -0.25) is 4.40 Å². The van der Waals surface area contributed by atoms with Crippen LogP contribution in [0.4, 0.5) is 18.9 Å². The number of nitrogens with one attached hydrogen (secondary N) is 1. The van der Waals surface area contributed by atoms with Crippen LogP contribution in [-0.4, -0.2) is 9.38 Å². The summed E-state index contributed by atoms with van der Waals surface area (Å²) in [4.78, 5) is 5.29. The number of aromatic nitrogens is 2. The zero-order chi connectivity index (χ0) is 15.0. The molecule has 0 aliphatic carbocycles. The number of anilines is 1. The number of benzene rings is 1. The van der Waals surface area contributed by atoms with Crippen LogP contribution in [0.25, 0.3) is 4.96 Å². The van der Waals surface area contributed by atoms with E-state index in [4.69, 9.17) is 0 Å². The molecule has 0 spiro atoms. The van der Waals surface area contributed by atoms with Crippen LogP contribution in [0.5, 0.6) is 0 Å². The molecule has 0 fully saturated rings. The number of halogens is 3. The first-order valence-corrected chi connectivity index (χ1v) is 7.15. The Kier molecular flexibility index (Phi) is 3.36. The highest BCUT2D eigenvalue weighted by molar-refractivity contribution is 7.15. The van der Waals surface area contributed by atoms with Crippen molar-refractivity contribution in [2.45, 2.75) is 19.6 Å². The number of aryl methyl sites for hydroxylation is 1. The van der Waals surface area contributed by atoms with E-state index in [1.807, 2.05) is 22.9 Å². The van der Waals surface area contributed by atoms with E-state index in [1.54, 1.807) is 6.07 Å². The number of imidazole rings is 1. The van der Waals surface area contributed by atoms with Crippen LogP contribution in [0, 0.1) is 6.92 Å². The second kappa shape index (κ2) is 5.07. The third-order valence-electron chi connectivity index (χ3n) is 3.21. The van der Waals surface area contributed by atoms with Crippen molar-refractivity contribution in [3.63, 3.8) is 0 Å². The molecule has 0 atom stereocenters. The van der Waals surface area contributed by atoms with Gasteiger partial charge >= 0.3 is 6.18 Å². The maximum Gasteiger partial charge on any atom is 0.416 e. The van der Waals surface area contributed by atoms with Crippen molar-refractivity contribution in [3.05, 3.63) is 52.8 Å². The third kappa shape index (κ3) is 2.73. The van der Waals surface area contributed by atoms with Gasteiger partial charge in [-0.2, -0.15) is 13.2 Å². The summed E-state index contributed by atoms with van der Waals surface area (Å²) in [6.45, 7) is 2.31. The summed E-state index contributed by atoms with van der Waals surface area (Å²) in [6.07, 6.45) is -2.42. The summed E-state index contributed by atoms with van der Waals surface area (Å²) >= 11 is 1.53. The SMILES string of the molecule is Cc1nc2sccn2c1CNc1cccc(C(F)(F)F)c1. The van der Waals surface area contributed by atoms with Crippen LogP contribution in [0.15, 0.2) is 35.8 Å². The second-order valence-electron chi connectivity index (χ2n) is 4.63. The van der Waals surface area contributed by atoms with Crippen molar-refractivity contribution in [2.24, 2.45) is 0 Å². The first-order valence-electron chi connectivity index (χ1n) is 6.27. The van der Waals surface area contributed by atoms with E-state index in [1.165, 1.54) is 17.4 Å². The summed E-state index contributed by atoms with van der Waals surface area (Å²) in [6, 6.07) is 5.19. The van der Waals surface area contributed by atoms with Gasteiger partial charge in [0.25, 0.3) is 0 Å². The molecule has 7 heteroatoms. The number of hydrogen-bond donors (Lipinski definition) is 1. The van der Waals surface area contributed by atoms with E-state index in [0.29, 0.717) is 12.2 Å². The molecule has 21 heavy (non-hydrogen) atoms. The zero-order valence-corrected chi connectivity index (χ0v) is 11.9. The fourth-order valence-electron chi connectivity index (χ4n) is 2.15. The summed E-state index contributed by atoms with van der Waals surface area (Å²) in [5.74, 6) is 0. The minimum atomic E-state index is -4.33. The molecule has 0 saturated carbocycles. The molecule has 2 heterocycles. The predicted molar refractivity (Wildman–Crippen MR) is 76.6 cm³/mol. The maximum atomic E-state index is 12.7. The van der Waals surface area contributed by atoms with E-state index in [2.05, 4.69) is 10.3 Å². The monoisotopic (exact) mass is 311 g/mol. The summed E-state index contributed by atoms with van der Waals surface area (Å²) in [5, 5.41) is 4.95. The lowest BCUT2D eigenvalue weighted by Gasteiger charge is -2.10. The quantitative estimate of drug-likeness (QED) is 0.780. The Hall–Kier alpha value is -2.02. The molecular formula is C14H12F3N3S. The molecule has 0 radical (unpaired) electrons. The van der Waals surface area contributed by atoms with Gasteiger partial charge in [0.1, 0.15) is 0 Å². The van der Waals surface area contributed by atoms with Crippen molar-refractivity contribution < 1.29 is 13.2 Å². The number of thiazole rings is 1. The van der Waals surface area contributed by atoms with E-state index in [-0.39, 0.29) is 0 Å². The molecule has 0 aliphatic heterocycles. The molecule has 0 unspecified atom stereocenters. The lowest BCUT2D eigenvalue weighted by Crippen LogP contribution is -2.07. The van der Waals surface area contributed by atoms with Crippen LogP contribution in [0.1, 0.15) is 17.0 Å². The van der Waals surface area contributed by atoms with Crippen LogP contribution >= 0.6 is 11.3 Å². The van der Waals surface area contributed by atoms with Crippen molar-refractivity contribution in [1.29, 1.82) is 0 Å². The van der Waals surface area contributed by atoms with Gasteiger partial charge in [-0.05, 0) is 25.1 Å². The largest absolute Gasteiger partial charge is 0.416 e. The minimum absolute atomic E-state index is 0.422. The molecule has 110 valence electrons. The summed E-state index contributed by atoms with van der Waals surface area (Å²) in [5.41, 5.74) is 1.61. The number of alkyl halides is 3. The zero-order valence-electron chi connectivity index (χ0n) is 11.1. The first kappa shape index (κ1) is 13.9. The van der Waals surface area contributed by atoms with Gasteiger partial charge < -0.3 is 5.32 Å². The topological polar surface area (TPSA) is 29.3 Å². The van der Waals surface area contributed by atoms with Crippen LogP contribution < -0.4 is 5.32 Å². The van der Waals surface area contributed by atoms with E-state index >= 15 is 0 Å². The fraction of sp³-hybridized carbons (Fsp3) is 0.214. The Labute approximate surface area is 123 Å². The van der Waals surface area contributed by atoms with Gasteiger partial charge in [0.2, 0.25) is 0 Å². The van der Waals surface area contributed by atoms with E-state index in [9.17, 15) is 13.2 Å². The average molecular weight is 311 g/mol. The van der Waals surface area contributed by atoms with Gasteiger partial charge in [-0.15, -0.1) is 11.3 Å². The second-order valence-corrected chi connectivity index (χ2v) is 5.50.